The van der Waals surface area contributed by atoms with Gasteiger partial charge in [-0.05, 0) is 37.5 Å². The molecule has 3 N–H and O–H groups in total. The Morgan fingerprint density at radius 1 is 0.321 bits per heavy atom. The molecule has 0 bridgehead atoms. The molecule has 0 aliphatic heterocycles. The first kappa shape index (κ1) is 82.1. The van der Waals surface area contributed by atoms with Crippen LogP contribution in [-0.4, -0.2) is 96.7 Å². The fourth-order valence-electron chi connectivity index (χ4n) is 9.71. The van der Waals surface area contributed by atoms with Crippen LogP contribution in [0, 0.1) is 11.8 Å². The van der Waals surface area contributed by atoms with E-state index in [0.29, 0.717) is 25.7 Å². The van der Waals surface area contributed by atoms with Crippen LogP contribution in [0.2, 0.25) is 0 Å². The lowest BCUT2D eigenvalue weighted by Crippen LogP contribution is -2.30. The molecular weight excluding hydrogens is 1110 g/mol. The van der Waals surface area contributed by atoms with Crippen molar-refractivity contribution in [1.29, 1.82) is 0 Å². The summed E-state index contributed by atoms with van der Waals surface area (Å²) in [6.45, 7) is 9.42. The van der Waals surface area contributed by atoms with Crippen molar-refractivity contribution in [2.75, 3.05) is 39.6 Å². The van der Waals surface area contributed by atoms with E-state index in [1.54, 1.807) is 0 Å². The van der Waals surface area contributed by atoms with Crippen molar-refractivity contribution in [3.05, 3.63) is 0 Å². The molecule has 0 saturated carbocycles. The Hall–Kier alpha value is -1.94. The van der Waals surface area contributed by atoms with Crippen LogP contribution in [0.25, 0.3) is 0 Å². The second-order valence-electron chi connectivity index (χ2n) is 24.5. The van der Waals surface area contributed by atoms with Crippen LogP contribution in [-0.2, 0) is 65.4 Å². The summed E-state index contributed by atoms with van der Waals surface area (Å²) in [4.78, 5) is 72.0. The number of phosphoric acid groups is 2. The highest BCUT2D eigenvalue weighted by Gasteiger charge is 2.30. The van der Waals surface area contributed by atoms with E-state index in [4.69, 9.17) is 37.0 Å². The number of phosphoric ester groups is 2. The fourth-order valence-corrected chi connectivity index (χ4v) is 11.3. The Morgan fingerprint density at radius 3 is 0.810 bits per heavy atom. The van der Waals surface area contributed by atoms with Gasteiger partial charge in [0.2, 0.25) is 0 Å². The van der Waals surface area contributed by atoms with E-state index in [0.717, 1.165) is 108 Å². The average Bonchev–Trinajstić information content (AvgIpc) is 3.64. The van der Waals surface area contributed by atoms with E-state index in [1.165, 1.54) is 135 Å². The quantitative estimate of drug-likeness (QED) is 0.0222. The highest BCUT2D eigenvalue weighted by Crippen LogP contribution is 2.45. The fraction of sp³-hybridized carbons (Fsp3) is 0.938. The maximum atomic E-state index is 13.0. The monoisotopic (exact) mass is 1240 g/mol. The van der Waals surface area contributed by atoms with E-state index >= 15 is 0 Å². The predicted octanol–water partition coefficient (Wildman–Crippen LogP) is 18.0. The molecule has 0 aromatic carbocycles. The number of carbonyl (C=O) groups is 4. The molecule has 2 unspecified atom stereocenters. The largest absolute Gasteiger partial charge is 0.472 e. The summed E-state index contributed by atoms with van der Waals surface area (Å²) in [7, 11) is -9.88. The molecule has 0 amide bonds. The molecule has 0 aliphatic carbocycles. The van der Waals surface area contributed by atoms with Crippen molar-refractivity contribution in [1.82, 2.24) is 0 Å². The zero-order chi connectivity index (χ0) is 62.2. The Balaban J connectivity index is 5.16. The Labute approximate surface area is 511 Å². The van der Waals surface area contributed by atoms with Gasteiger partial charge in [-0.1, -0.05) is 273 Å². The van der Waals surface area contributed by atoms with Gasteiger partial charge < -0.3 is 33.8 Å². The van der Waals surface area contributed by atoms with Gasteiger partial charge in [0.1, 0.15) is 19.3 Å². The van der Waals surface area contributed by atoms with Crippen LogP contribution in [0.1, 0.15) is 324 Å². The van der Waals surface area contributed by atoms with Gasteiger partial charge in [-0.15, -0.1) is 0 Å². The summed E-state index contributed by atoms with van der Waals surface area (Å²) in [6.07, 6.45) is 40.7. The molecule has 0 aromatic heterocycles. The molecule has 17 nitrogen and oxygen atoms in total. The minimum Gasteiger partial charge on any atom is -0.462 e. The number of carbonyl (C=O) groups excluding carboxylic acids is 4. The summed E-state index contributed by atoms with van der Waals surface area (Å²) in [5.41, 5.74) is 0. The zero-order valence-corrected chi connectivity index (χ0v) is 56.0. The van der Waals surface area contributed by atoms with Crippen LogP contribution in [0.4, 0.5) is 0 Å². The lowest BCUT2D eigenvalue weighted by atomic mass is 10.0. The van der Waals surface area contributed by atoms with E-state index in [2.05, 4.69) is 41.5 Å². The smallest absolute Gasteiger partial charge is 0.462 e. The lowest BCUT2D eigenvalue weighted by molar-refractivity contribution is -0.161. The van der Waals surface area contributed by atoms with Crippen LogP contribution in [0.3, 0.4) is 0 Å². The van der Waals surface area contributed by atoms with Crippen molar-refractivity contribution < 1.29 is 80.2 Å². The second-order valence-corrected chi connectivity index (χ2v) is 27.4. The first-order valence-electron chi connectivity index (χ1n) is 34.0. The SMILES string of the molecule is CCCCCCCCCCCC(=O)O[C@H](COC(=O)CCCCCCC)COP(=O)(O)OC[C@H](O)COP(=O)(O)OC[C@@H](COC(=O)CCCCCCCCCCCCCC(C)C)OC(=O)CCCCCCCCCCCCCCCC(C)C. The number of rotatable bonds is 64. The molecule has 0 aliphatic rings. The highest BCUT2D eigenvalue weighted by molar-refractivity contribution is 7.47. The zero-order valence-electron chi connectivity index (χ0n) is 54.2. The first-order chi connectivity index (χ1) is 40.4. The number of esters is 4. The molecule has 0 spiro atoms. The van der Waals surface area contributed by atoms with Crippen LogP contribution in [0.5, 0.6) is 0 Å². The van der Waals surface area contributed by atoms with E-state index < -0.39 is 97.5 Å². The Kier molecular flexibility index (Phi) is 56.2. The molecule has 84 heavy (non-hydrogen) atoms. The van der Waals surface area contributed by atoms with Crippen LogP contribution in [0.15, 0.2) is 0 Å². The predicted molar refractivity (Wildman–Crippen MR) is 335 cm³/mol. The molecule has 0 heterocycles. The summed E-state index contributed by atoms with van der Waals surface area (Å²) < 4.78 is 67.8. The molecule has 498 valence electrons. The van der Waals surface area contributed by atoms with Gasteiger partial charge in [-0.2, -0.15) is 0 Å². The molecule has 0 aromatic rings. The van der Waals surface area contributed by atoms with E-state index in [1.807, 2.05) is 0 Å². The normalized spacial score (nSPS) is 14.3. The number of aliphatic hydroxyl groups is 1. The summed E-state index contributed by atoms with van der Waals surface area (Å²) in [6, 6.07) is 0. The van der Waals surface area contributed by atoms with E-state index in [-0.39, 0.29) is 25.7 Å². The van der Waals surface area contributed by atoms with Gasteiger partial charge in [-0.25, -0.2) is 9.13 Å². The molecular formula is C65H126O17P2. The standard InChI is InChI=1S/C65H126O17P2/c1-7-9-11-13-14-23-31-37-43-49-64(69)81-60(53-75-62(67)47-41-33-12-10-8-2)55-79-83(71,72)77-51-59(66)52-78-84(73,74)80-56-61(54-76-63(68)48-42-36-30-26-22-18-20-25-29-35-40-46-58(5)6)82-65(70)50-44-38-32-27-21-17-15-16-19-24-28-34-39-45-57(3)4/h57-61,66H,7-56H2,1-6H3,(H,71,72)(H,73,74)/t59-,60+,61+/m0/s1. The van der Waals surface area contributed by atoms with Gasteiger partial charge >= 0.3 is 39.5 Å². The minimum atomic E-state index is -4.95. The van der Waals surface area contributed by atoms with Gasteiger partial charge in [0, 0.05) is 25.7 Å². The number of hydrogen-bond donors (Lipinski definition) is 3. The molecule has 19 heteroatoms. The third kappa shape index (κ3) is 59.0. The second kappa shape index (κ2) is 57.5. The van der Waals surface area contributed by atoms with Crippen molar-refractivity contribution in [2.45, 2.75) is 342 Å². The van der Waals surface area contributed by atoms with E-state index in [9.17, 15) is 43.2 Å². The molecule has 0 saturated heterocycles. The topological polar surface area (TPSA) is 237 Å². The van der Waals surface area contributed by atoms with Gasteiger partial charge in [-0.3, -0.25) is 37.3 Å². The number of unbranched alkanes of at least 4 members (excludes halogenated alkanes) is 34. The Bertz CT molecular complexity index is 1650. The average molecular weight is 1240 g/mol. The Morgan fingerprint density at radius 2 is 0.548 bits per heavy atom. The van der Waals surface area contributed by atoms with Gasteiger partial charge in [0.15, 0.2) is 12.2 Å². The summed E-state index contributed by atoms with van der Waals surface area (Å²) >= 11 is 0. The first-order valence-corrected chi connectivity index (χ1v) is 37.0. The maximum absolute atomic E-state index is 13.0. The minimum absolute atomic E-state index is 0.105. The third-order valence-electron chi connectivity index (χ3n) is 15.0. The van der Waals surface area contributed by atoms with Gasteiger partial charge in [0.05, 0.1) is 26.4 Å². The third-order valence-corrected chi connectivity index (χ3v) is 16.9. The molecule has 5 atom stereocenters. The summed E-state index contributed by atoms with van der Waals surface area (Å²) in [5.74, 6) is -0.586. The molecule has 0 radical (unpaired) electrons. The number of hydrogen-bond acceptors (Lipinski definition) is 15. The lowest BCUT2D eigenvalue weighted by Gasteiger charge is -2.21. The van der Waals surface area contributed by atoms with Crippen molar-refractivity contribution in [2.24, 2.45) is 11.8 Å². The molecule has 0 fully saturated rings. The summed E-state index contributed by atoms with van der Waals surface area (Å²) in [5, 5.41) is 10.5. The van der Waals surface area contributed by atoms with Crippen LogP contribution < -0.4 is 0 Å². The number of aliphatic hydroxyl groups excluding tert-OH is 1. The maximum Gasteiger partial charge on any atom is 0.472 e. The molecule has 0 rings (SSSR count). The van der Waals surface area contributed by atoms with Crippen molar-refractivity contribution >= 4 is 39.5 Å². The van der Waals surface area contributed by atoms with Crippen molar-refractivity contribution in [3.63, 3.8) is 0 Å². The van der Waals surface area contributed by atoms with Crippen LogP contribution >= 0.6 is 15.6 Å². The highest BCUT2D eigenvalue weighted by atomic mass is 31.2. The van der Waals surface area contributed by atoms with Crippen molar-refractivity contribution in [3.8, 4) is 0 Å². The number of ether oxygens (including phenoxy) is 4. The van der Waals surface area contributed by atoms with Gasteiger partial charge in [0.25, 0.3) is 0 Å².